The van der Waals surface area contributed by atoms with E-state index in [2.05, 4.69) is 21.4 Å². The van der Waals surface area contributed by atoms with Crippen LogP contribution in [0.1, 0.15) is 62.8 Å². The summed E-state index contributed by atoms with van der Waals surface area (Å²) in [7, 11) is 0. The van der Waals surface area contributed by atoms with Crippen LogP contribution in [0.2, 0.25) is 5.02 Å². The molecule has 6 nitrogen and oxygen atoms in total. The topological polar surface area (TPSA) is 82.7 Å². The van der Waals surface area contributed by atoms with Crippen molar-refractivity contribution in [2.45, 2.75) is 68.8 Å². The first kappa shape index (κ1) is 22.5. The summed E-state index contributed by atoms with van der Waals surface area (Å²) in [6, 6.07) is 4.95. The maximum absolute atomic E-state index is 9.68. The van der Waals surface area contributed by atoms with Crippen LogP contribution >= 0.6 is 23.2 Å². The van der Waals surface area contributed by atoms with Crippen molar-refractivity contribution < 1.29 is 4.74 Å². The van der Waals surface area contributed by atoms with Crippen LogP contribution in [-0.4, -0.2) is 48.2 Å². The third kappa shape index (κ3) is 5.58. The first-order valence-electron chi connectivity index (χ1n) is 11.2. The van der Waals surface area contributed by atoms with E-state index in [1.807, 2.05) is 6.07 Å². The summed E-state index contributed by atoms with van der Waals surface area (Å²) < 4.78 is 5.42. The van der Waals surface area contributed by atoms with E-state index >= 15 is 0 Å². The van der Waals surface area contributed by atoms with Crippen molar-refractivity contribution in [3.63, 3.8) is 0 Å². The minimum atomic E-state index is -0.447. The lowest BCUT2D eigenvalue weighted by atomic mass is 9.82. The number of hydrogen-bond donors (Lipinski definition) is 1. The minimum Gasteiger partial charge on any atom is -0.381 e. The normalized spacial score (nSPS) is 27.7. The number of anilines is 1. The van der Waals surface area contributed by atoms with Crippen LogP contribution in [-0.2, 0) is 4.74 Å². The predicted molar refractivity (Wildman–Crippen MR) is 126 cm³/mol. The molecule has 0 aromatic carbocycles. The van der Waals surface area contributed by atoms with Gasteiger partial charge in [0.05, 0.1) is 28.8 Å². The van der Waals surface area contributed by atoms with Gasteiger partial charge in [-0.15, -0.1) is 0 Å². The van der Waals surface area contributed by atoms with Gasteiger partial charge < -0.3 is 10.1 Å². The number of nitriles is 1. The van der Waals surface area contributed by atoms with E-state index in [1.165, 1.54) is 32.1 Å². The zero-order chi connectivity index (χ0) is 21.7. The van der Waals surface area contributed by atoms with Crippen molar-refractivity contribution in [3.05, 3.63) is 22.8 Å². The number of ether oxygens (including phenoxy) is 1. The lowest BCUT2D eigenvalue weighted by Crippen LogP contribution is -2.32. The number of rotatable bonds is 5. The van der Waals surface area contributed by atoms with E-state index < -0.39 is 10.9 Å². The number of alkyl halides is 1. The van der Waals surface area contributed by atoms with Crippen LogP contribution in [0.4, 0.5) is 5.82 Å². The van der Waals surface area contributed by atoms with Crippen LogP contribution in [0.15, 0.2) is 22.2 Å². The number of aliphatic imine (C=N–C) groups is 2. The molecule has 2 fully saturated rings. The molecule has 2 atom stereocenters. The average Bonchev–Trinajstić information content (AvgIpc) is 2.81. The Kier molecular flexibility index (Phi) is 7.47. The fourth-order valence-electron chi connectivity index (χ4n) is 4.59. The summed E-state index contributed by atoms with van der Waals surface area (Å²) in [5, 5.41) is 13.8. The highest BCUT2D eigenvalue weighted by atomic mass is 35.5. The first-order valence-corrected chi connectivity index (χ1v) is 12.0. The van der Waals surface area contributed by atoms with E-state index in [-0.39, 0.29) is 5.92 Å². The molecule has 0 radical (unpaired) electrons. The van der Waals surface area contributed by atoms with Gasteiger partial charge >= 0.3 is 0 Å². The summed E-state index contributed by atoms with van der Waals surface area (Å²) in [5.74, 6) is 0.759. The molecular formula is C23H29Cl2N5O. The van der Waals surface area contributed by atoms with Gasteiger partial charge in [0.15, 0.2) is 0 Å². The molecule has 1 aliphatic carbocycles. The second-order valence-electron chi connectivity index (χ2n) is 8.84. The van der Waals surface area contributed by atoms with Crippen molar-refractivity contribution in [2.75, 3.05) is 25.1 Å². The zero-order valence-corrected chi connectivity index (χ0v) is 19.2. The Bertz CT molecular complexity index is 869. The van der Waals surface area contributed by atoms with Gasteiger partial charge in [-0.3, -0.25) is 9.98 Å². The lowest BCUT2D eigenvalue weighted by Gasteiger charge is -2.30. The number of hydrogen-bond acceptors (Lipinski definition) is 6. The molecule has 0 spiro atoms. The van der Waals surface area contributed by atoms with Gasteiger partial charge in [-0.2, -0.15) is 5.26 Å². The van der Waals surface area contributed by atoms with E-state index in [9.17, 15) is 5.26 Å². The molecule has 166 valence electrons. The van der Waals surface area contributed by atoms with Gasteiger partial charge in [-0.25, -0.2) is 4.98 Å². The third-order valence-corrected chi connectivity index (χ3v) is 7.37. The largest absolute Gasteiger partial charge is 0.381 e. The minimum absolute atomic E-state index is 0.0828. The molecule has 2 aliphatic heterocycles. The Morgan fingerprint density at radius 3 is 2.77 bits per heavy atom. The van der Waals surface area contributed by atoms with E-state index in [1.54, 1.807) is 12.4 Å². The maximum Gasteiger partial charge on any atom is 0.131 e. The van der Waals surface area contributed by atoms with Crippen LogP contribution in [0.3, 0.4) is 0 Å². The quantitative estimate of drug-likeness (QED) is 0.472. The number of nitrogens with one attached hydrogen (secondary N) is 1. The molecule has 8 heteroatoms. The Hall–Kier alpha value is -1.68. The van der Waals surface area contributed by atoms with Gasteiger partial charge in [-0.05, 0) is 37.3 Å². The number of pyridine rings is 1. The van der Waals surface area contributed by atoms with Crippen molar-refractivity contribution >= 4 is 40.9 Å². The zero-order valence-electron chi connectivity index (χ0n) is 17.7. The SMILES string of the molecule is N#CC1(CN=C2C=NC(Cl)C(c3cc(NC4CCCCC4)ncc3Cl)C2)CCOCC1. The van der Waals surface area contributed by atoms with Crippen LogP contribution in [0, 0.1) is 16.7 Å². The Morgan fingerprint density at radius 1 is 1.26 bits per heavy atom. The molecule has 0 bridgehead atoms. The molecule has 4 rings (SSSR count). The second-order valence-corrected chi connectivity index (χ2v) is 9.70. The van der Waals surface area contributed by atoms with Gasteiger partial charge in [0.2, 0.25) is 0 Å². The van der Waals surface area contributed by atoms with Crippen molar-refractivity contribution in [2.24, 2.45) is 15.4 Å². The fourth-order valence-corrected chi connectivity index (χ4v) is 5.12. The summed E-state index contributed by atoms with van der Waals surface area (Å²) in [6.07, 6.45) is 11.7. The molecule has 0 amide bonds. The molecule has 2 unspecified atom stereocenters. The highest BCUT2D eigenvalue weighted by molar-refractivity contribution is 6.34. The number of halogens is 2. The van der Waals surface area contributed by atoms with Crippen molar-refractivity contribution in [3.8, 4) is 6.07 Å². The van der Waals surface area contributed by atoms with Crippen LogP contribution in [0.25, 0.3) is 0 Å². The molecule has 1 aromatic heterocycles. The second kappa shape index (κ2) is 10.3. The Balaban J connectivity index is 1.49. The Labute approximate surface area is 194 Å². The molecule has 1 saturated carbocycles. The van der Waals surface area contributed by atoms with Crippen molar-refractivity contribution in [1.29, 1.82) is 5.26 Å². The first-order chi connectivity index (χ1) is 15.1. The van der Waals surface area contributed by atoms with Crippen molar-refractivity contribution in [1.82, 2.24) is 4.98 Å². The molecule has 3 aliphatic rings. The summed E-state index contributed by atoms with van der Waals surface area (Å²) in [5.41, 5.74) is 0.949. The highest BCUT2D eigenvalue weighted by Crippen LogP contribution is 2.37. The summed E-state index contributed by atoms with van der Waals surface area (Å²) >= 11 is 13.1. The van der Waals surface area contributed by atoms with Gasteiger partial charge in [-0.1, -0.05) is 42.5 Å². The fraction of sp³-hybridized carbons (Fsp3) is 0.652. The molecule has 1 aromatic rings. The van der Waals surface area contributed by atoms with E-state index in [0.29, 0.717) is 50.1 Å². The highest BCUT2D eigenvalue weighted by Gasteiger charge is 2.33. The standard InChI is InChI=1S/C23H29Cl2N5O/c24-20-13-27-21(30-16-4-2-1-3-5-16)11-18(20)19-10-17(12-28-22(19)25)29-15-23(14-26)6-8-31-9-7-23/h11-13,16,19,22H,1-10,15H2,(H,27,30). The molecular weight excluding hydrogens is 433 g/mol. The third-order valence-electron chi connectivity index (χ3n) is 6.64. The molecule has 31 heavy (non-hydrogen) atoms. The lowest BCUT2D eigenvalue weighted by molar-refractivity contribution is 0.0442. The molecule has 1 N–H and O–H groups in total. The predicted octanol–water partition coefficient (Wildman–Crippen LogP) is 5.36. The van der Waals surface area contributed by atoms with Crippen LogP contribution < -0.4 is 5.32 Å². The number of nitrogens with zero attached hydrogens (tertiary/aromatic N) is 4. The summed E-state index contributed by atoms with van der Waals surface area (Å²) in [6.45, 7) is 1.69. The smallest absolute Gasteiger partial charge is 0.131 e. The number of aromatic nitrogens is 1. The monoisotopic (exact) mass is 461 g/mol. The van der Waals surface area contributed by atoms with E-state index in [4.69, 9.17) is 32.9 Å². The maximum atomic E-state index is 9.68. The van der Waals surface area contributed by atoms with Crippen LogP contribution in [0.5, 0.6) is 0 Å². The van der Waals surface area contributed by atoms with Gasteiger partial charge in [0.25, 0.3) is 0 Å². The van der Waals surface area contributed by atoms with E-state index in [0.717, 1.165) is 17.1 Å². The average molecular weight is 462 g/mol. The summed E-state index contributed by atoms with van der Waals surface area (Å²) in [4.78, 5) is 13.7. The molecule has 1 saturated heterocycles. The molecule has 3 heterocycles. The van der Waals surface area contributed by atoms with Gasteiger partial charge in [0.1, 0.15) is 11.3 Å². The van der Waals surface area contributed by atoms with Gasteiger partial charge in [0, 0.05) is 44.0 Å². The Morgan fingerprint density at radius 2 is 2.03 bits per heavy atom.